The molecule has 1 saturated carbocycles. The second-order valence-electron chi connectivity index (χ2n) is 6.12. The molecular weight excluding hydrogens is 208 g/mol. The smallest absolute Gasteiger partial charge is 0.0249 e. The van der Waals surface area contributed by atoms with Crippen molar-refractivity contribution in [1.82, 2.24) is 10.2 Å². The molecule has 0 spiro atoms. The van der Waals surface area contributed by atoms with Gasteiger partial charge < -0.3 is 5.32 Å². The topological polar surface area (TPSA) is 15.3 Å². The SMILES string of the molecule is CCCCN1CC(C)NCC1C1CCCCC1. The molecule has 100 valence electrons. The third kappa shape index (κ3) is 3.69. The molecule has 1 aliphatic carbocycles. The van der Waals surface area contributed by atoms with Gasteiger partial charge >= 0.3 is 0 Å². The van der Waals surface area contributed by atoms with Gasteiger partial charge in [-0.05, 0) is 38.6 Å². The highest BCUT2D eigenvalue weighted by molar-refractivity contribution is 4.89. The summed E-state index contributed by atoms with van der Waals surface area (Å²) in [6.07, 6.45) is 10.1. The molecule has 0 radical (unpaired) electrons. The summed E-state index contributed by atoms with van der Waals surface area (Å²) in [6, 6.07) is 1.52. The van der Waals surface area contributed by atoms with Crippen LogP contribution in [0.5, 0.6) is 0 Å². The molecule has 1 aliphatic heterocycles. The Morgan fingerprint density at radius 1 is 1.18 bits per heavy atom. The van der Waals surface area contributed by atoms with Crippen LogP contribution in [0, 0.1) is 5.92 Å². The average molecular weight is 238 g/mol. The molecule has 2 rings (SSSR count). The van der Waals surface area contributed by atoms with E-state index in [0.29, 0.717) is 6.04 Å². The maximum Gasteiger partial charge on any atom is 0.0249 e. The van der Waals surface area contributed by atoms with Crippen LogP contribution >= 0.6 is 0 Å². The molecule has 1 saturated heterocycles. The summed E-state index contributed by atoms with van der Waals surface area (Å²) in [5.41, 5.74) is 0. The highest BCUT2D eigenvalue weighted by atomic mass is 15.2. The van der Waals surface area contributed by atoms with Crippen molar-refractivity contribution < 1.29 is 0 Å². The molecule has 2 atom stereocenters. The van der Waals surface area contributed by atoms with Gasteiger partial charge in [0, 0.05) is 25.2 Å². The lowest BCUT2D eigenvalue weighted by Gasteiger charge is -2.44. The Balaban J connectivity index is 1.91. The van der Waals surface area contributed by atoms with Crippen molar-refractivity contribution in [2.24, 2.45) is 5.92 Å². The molecule has 1 heterocycles. The van der Waals surface area contributed by atoms with Crippen LogP contribution in [0.3, 0.4) is 0 Å². The summed E-state index contributed by atoms with van der Waals surface area (Å²) in [7, 11) is 0. The summed E-state index contributed by atoms with van der Waals surface area (Å²) < 4.78 is 0. The Labute approximate surface area is 107 Å². The van der Waals surface area contributed by atoms with Crippen LogP contribution in [-0.2, 0) is 0 Å². The maximum absolute atomic E-state index is 3.69. The molecule has 2 nitrogen and oxygen atoms in total. The Morgan fingerprint density at radius 2 is 1.94 bits per heavy atom. The highest BCUT2D eigenvalue weighted by Gasteiger charge is 2.32. The molecule has 0 bridgehead atoms. The molecule has 0 aromatic rings. The number of hydrogen-bond donors (Lipinski definition) is 1. The zero-order valence-electron chi connectivity index (χ0n) is 11.8. The van der Waals surface area contributed by atoms with Crippen molar-refractivity contribution in [3.63, 3.8) is 0 Å². The van der Waals surface area contributed by atoms with Crippen LogP contribution < -0.4 is 5.32 Å². The van der Waals surface area contributed by atoms with Crippen LogP contribution in [-0.4, -0.2) is 36.6 Å². The number of hydrogen-bond acceptors (Lipinski definition) is 2. The molecule has 2 aliphatic rings. The monoisotopic (exact) mass is 238 g/mol. The van der Waals surface area contributed by atoms with Crippen LogP contribution in [0.4, 0.5) is 0 Å². The van der Waals surface area contributed by atoms with Crippen molar-refractivity contribution in [2.75, 3.05) is 19.6 Å². The number of nitrogens with one attached hydrogen (secondary N) is 1. The lowest BCUT2D eigenvalue weighted by molar-refractivity contribution is 0.0742. The fraction of sp³-hybridized carbons (Fsp3) is 1.00. The van der Waals surface area contributed by atoms with Crippen LogP contribution in [0.2, 0.25) is 0 Å². The molecule has 0 amide bonds. The summed E-state index contributed by atoms with van der Waals surface area (Å²) in [5, 5.41) is 3.69. The molecule has 2 heteroatoms. The lowest BCUT2D eigenvalue weighted by atomic mass is 9.82. The average Bonchev–Trinajstić information content (AvgIpc) is 2.37. The van der Waals surface area contributed by atoms with Gasteiger partial charge in [0.15, 0.2) is 0 Å². The first-order chi connectivity index (χ1) is 8.31. The Hall–Kier alpha value is -0.0800. The van der Waals surface area contributed by atoms with Gasteiger partial charge in [-0.1, -0.05) is 32.6 Å². The van der Waals surface area contributed by atoms with E-state index < -0.39 is 0 Å². The van der Waals surface area contributed by atoms with Crippen molar-refractivity contribution in [1.29, 1.82) is 0 Å². The Kier molecular flexibility index (Phi) is 5.30. The van der Waals surface area contributed by atoms with E-state index in [-0.39, 0.29) is 0 Å². The summed E-state index contributed by atoms with van der Waals surface area (Å²) in [4.78, 5) is 2.79. The van der Waals surface area contributed by atoms with E-state index in [0.717, 1.165) is 12.0 Å². The standard InChI is InChI=1S/C15H30N2/c1-3-4-10-17-12-13(2)16-11-15(17)14-8-6-5-7-9-14/h13-16H,3-12H2,1-2H3. The Bertz CT molecular complexity index is 211. The molecule has 2 unspecified atom stereocenters. The minimum atomic E-state index is 0.687. The van der Waals surface area contributed by atoms with Gasteiger partial charge in [-0.15, -0.1) is 0 Å². The largest absolute Gasteiger partial charge is 0.311 e. The number of piperazine rings is 1. The van der Waals surface area contributed by atoms with Gasteiger partial charge in [-0.3, -0.25) is 4.90 Å². The van der Waals surface area contributed by atoms with Gasteiger partial charge in [0.05, 0.1) is 0 Å². The number of nitrogens with zero attached hydrogens (tertiary/aromatic N) is 1. The van der Waals surface area contributed by atoms with E-state index in [1.54, 1.807) is 0 Å². The van der Waals surface area contributed by atoms with Crippen LogP contribution in [0.15, 0.2) is 0 Å². The fourth-order valence-corrected chi connectivity index (χ4v) is 3.60. The quantitative estimate of drug-likeness (QED) is 0.810. The van der Waals surface area contributed by atoms with Gasteiger partial charge in [-0.2, -0.15) is 0 Å². The highest BCUT2D eigenvalue weighted by Crippen LogP contribution is 2.30. The van der Waals surface area contributed by atoms with Crippen LogP contribution in [0.1, 0.15) is 58.8 Å². The predicted octanol–water partition coefficient (Wildman–Crippen LogP) is 3.03. The molecule has 0 aromatic carbocycles. The summed E-state index contributed by atoms with van der Waals surface area (Å²) in [5.74, 6) is 0.973. The molecule has 17 heavy (non-hydrogen) atoms. The molecular formula is C15H30N2. The van der Waals surface area contributed by atoms with E-state index in [1.165, 1.54) is 64.6 Å². The third-order valence-corrected chi connectivity index (χ3v) is 4.65. The van der Waals surface area contributed by atoms with Crippen molar-refractivity contribution in [2.45, 2.75) is 70.9 Å². The van der Waals surface area contributed by atoms with Gasteiger partial charge in [0.2, 0.25) is 0 Å². The minimum Gasteiger partial charge on any atom is -0.311 e. The third-order valence-electron chi connectivity index (χ3n) is 4.65. The van der Waals surface area contributed by atoms with E-state index in [1.807, 2.05) is 0 Å². The van der Waals surface area contributed by atoms with E-state index in [2.05, 4.69) is 24.1 Å². The first-order valence-electron chi connectivity index (χ1n) is 7.78. The van der Waals surface area contributed by atoms with Gasteiger partial charge in [-0.25, -0.2) is 0 Å². The number of rotatable bonds is 4. The minimum absolute atomic E-state index is 0.687. The first kappa shape index (κ1) is 13.4. The van der Waals surface area contributed by atoms with Crippen molar-refractivity contribution >= 4 is 0 Å². The number of unbranched alkanes of at least 4 members (excludes halogenated alkanes) is 1. The van der Waals surface area contributed by atoms with E-state index >= 15 is 0 Å². The van der Waals surface area contributed by atoms with Crippen molar-refractivity contribution in [3.05, 3.63) is 0 Å². The predicted molar refractivity (Wildman–Crippen MR) is 74.3 cm³/mol. The fourth-order valence-electron chi connectivity index (χ4n) is 3.60. The van der Waals surface area contributed by atoms with Gasteiger partial charge in [0.25, 0.3) is 0 Å². The molecule has 0 aromatic heterocycles. The molecule has 2 fully saturated rings. The summed E-state index contributed by atoms with van der Waals surface area (Å²) >= 11 is 0. The van der Waals surface area contributed by atoms with Gasteiger partial charge in [0.1, 0.15) is 0 Å². The van der Waals surface area contributed by atoms with Crippen LogP contribution in [0.25, 0.3) is 0 Å². The van der Waals surface area contributed by atoms with Crippen molar-refractivity contribution in [3.8, 4) is 0 Å². The second kappa shape index (κ2) is 6.75. The lowest BCUT2D eigenvalue weighted by Crippen LogP contribution is -2.58. The Morgan fingerprint density at radius 3 is 2.65 bits per heavy atom. The summed E-state index contributed by atoms with van der Waals surface area (Å²) in [6.45, 7) is 8.46. The first-order valence-corrected chi connectivity index (χ1v) is 7.78. The second-order valence-corrected chi connectivity index (χ2v) is 6.12. The van der Waals surface area contributed by atoms with E-state index in [9.17, 15) is 0 Å². The van der Waals surface area contributed by atoms with E-state index in [4.69, 9.17) is 0 Å². The zero-order valence-corrected chi connectivity index (χ0v) is 11.8. The normalized spacial score (nSPS) is 32.8. The zero-order chi connectivity index (χ0) is 12.1. The molecule has 1 N–H and O–H groups in total. The maximum atomic E-state index is 3.69.